The lowest BCUT2D eigenvalue weighted by Crippen LogP contribution is -2.18. The summed E-state index contributed by atoms with van der Waals surface area (Å²) in [6.07, 6.45) is 0. The lowest BCUT2D eigenvalue weighted by molar-refractivity contribution is 0.465. The van der Waals surface area contributed by atoms with Crippen LogP contribution in [-0.4, -0.2) is 9.67 Å². The Morgan fingerprint density at radius 2 is 1.71 bits per heavy atom. The molecule has 0 bridgehead atoms. The summed E-state index contributed by atoms with van der Waals surface area (Å²) in [5, 5.41) is 11.1. The molecule has 0 amide bonds. The van der Waals surface area contributed by atoms with E-state index in [1.165, 1.54) is 11.8 Å². The Morgan fingerprint density at radius 3 is 2.48 bits per heavy atom. The highest BCUT2D eigenvalue weighted by Crippen LogP contribution is 2.33. The van der Waals surface area contributed by atoms with Gasteiger partial charge in [-0.1, -0.05) is 42.5 Å². The normalized spacial score (nSPS) is 10.9. The number of rotatable bonds is 3. The van der Waals surface area contributed by atoms with E-state index in [4.69, 9.17) is 0 Å². The van der Waals surface area contributed by atoms with E-state index in [1.54, 1.807) is 11.6 Å². The molecule has 0 saturated heterocycles. The number of hydrogen-bond donors (Lipinski definition) is 1. The van der Waals surface area contributed by atoms with Gasteiger partial charge in [0.05, 0.1) is 5.52 Å². The zero-order valence-electron chi connectivity index (χ0n) is 11.6. The van der Waals surface area contributed by atoms with Gasteiger partial charge in [-0.15, -0.1) is 11.8 Å². The Bertz CT molecular complexity index is 841. The first-order chi connectivity index (χ1) is 10.2. The van der Waals surface area contributed by atoms with Gasteiger partial charge in [-0.3, -0.25) is 4.79 Å². The molecule has 0 spiro atoms. The molecule has 0 saturated carbocycles. The molecular formula is C17H15NO2S. The van der Waals surface area contributed by atoms with Crippen molar-refractivity contribution in [1.29, 1.82) is 0 Å². The molecule has 3 nitrogen and oxygen atoms in total. The first-order valence-electron chi connectivity index (χ1n) is 6.66. The van der Waals surface area contributed by atoms with Crippen LogP contribution in [0.3, 0.4) is 0 Å². The average Bonchev–Trinajstić information content (AvgIpc) is 2.54. The first kappa shape index (κ1) is 13.8. The highest BCUT2D eigenvalue weighted by molar-refractivity contribution is 7.98. The van der Waals surface area contributed by atoms with Crippen LogP contribution in [0.2, 0.25) is 0 Å². The summed E-state index contributed by atoms with van der Waals surface area (Å²) >= 11 is 1.37. The van der Waals surface area contributed by atoms with Crippen molar-refractivity contribution in [2.75, 3.05) is 0 Å². The molecule has 3 rings (SSSR count). The summed E-state index contributed by atoms with van der Waals surface area (Å²) in [5.74, 6) is 0.733. The second kappa shape index (κ2) is 5.66. The number of nitrogens with zero attached hydrogens (tertiary/aromatic N) is 1. The lowest BCUT2D eigenvalue weighted by atomic mass is 10.2. The van der Waals surface area contributed by atoms with E-state index < -0.39 is 0 Å². The van der Waals surface area contributed by atoms with Crippen LogP contribution in [0.15, 0.2) is 64.3 Å². The monoisotopic (exact) mass is 297 g/mol. The number of pyridine rings is 1. The Morgan fingerprint density at radius 1 is 1.05 bits per heavy atom. The summed E-state index contributed by atoms with van der Waals surface area (Å²) < 4.78 is 1.59. The zero-order valence-corrected chi connectivity index (χ0v) is 12.4. The fourth-order valence-corrected chi connectivity index (χ4v) is 3.32. The van der Waals surface area contributed by atoms with E-state index in [-0.39, 0.29) is 11.3 Å². The summed E-state index contributed by atoms with van der Waals surface area (Å²) in [4.78, 5) is 12.8. The quantitative estimate of drug-likeness (QED) is 0.752. The van der Waals surface area contributed by atoms with Crippen molar-refractivity contribution < 1.29 is 5.11 Å². The van der Waals surface area contributed by atoms with Gasteiger partial charge in [0.25, 0.3) is 5.56 Å². The van der Waals surface area contributed by atoms with Crippen molar-refractivity contribution in [3.8, 4) is 5.75 Å². The third-order valence-corrected chi connectivity index (χ3v) is 4.59. The minimum Gasteiger partial charge on any atom is -0.506 e. The maximum Gasteiger partial charge on any atom is 0.268 e. The van der Waals surface area contributed by atoms with Crippen LogP contribution < -0.4 is 5.56 Å². The smallest absolute Gasteiger partial charge is 0.268 e. The van der Waals surface area contributed by atoms with Crippen molar-refractivity contribution >= 4 is 22.7 Å². The van der Waals surface area contributed by atoms with Gasteiger partial charge in [0.1, 0.15) is 10.6 Å². The molecule has 2 aromatic carbocycles. The number of para-hydroxylation sites is 1. The molecule has 0 aliphatic carbocycles. The van der Waals surface area contributed by atoms with E-state index in [0.29, 0.717) is 16.0 Å². The van der Waals surface area contributed by atoms with Crippen LogP contribution in [0.25, 0.3) is 10.9 Å². The minimum atomic E-state index is -0.160. The number of thioether (sulfide) groups is 1. The van der Waals surface area contributed by atoms with E-state index in [0.717, 1.165) is 11.1 Å². The molecule has 1 N–H and O–H groups in total. The van der Waals surface area contributed by atoms with Gasteiger partial charge in [0.2, 0.25) is 0 Å². The van der Waals surface area contributed by atoms with Crippen LogP contribution >= 0.6 is 11.8 Å². The van der Waals surface area contributed by atoms with Crippen LogP contribution in [0.4, 0.5) is 0 Å². The third kappa shape index (κ3) is 2.54. The van der Waals surface area contributed by atoms with E-state index in [2.05, 4.69) is 0 Å². The van der Waals surface area contributed by atoms with E-state index in [9.17, 15) is 9.90 Å². The molecule has 106 valence electrons. The van der Waals surface area contributed by atoms with Gasteiger partial charge in [0.15, 0.2) is 0 Å². The van der Waals surface area contributed by atoms with Gasteiger partial charge in [-0.25, -0.2) is 0 Å². The van der Waals surface area contributed by atoms with Crippen molar-refractivity contribution in [3.63, 3.8) is 0 Å². The second-order valence-corrected chi connectivity index (χ2v) is 5.82. The predicted molar refractivity (Wildman–Crippen MR) is 86.9 cm³/mol. The highest BCUT2D eigenvalue weighted by atomic mass is 32.2. The molecule has 0 unspecified atom stereocenters. The first-order valence-corrected chi connectivity index (χ1v) is 7.64. The predicted octanol–water partition coefficient (Wildman–Crippen LogP) is 3.54. The molecular weight excluding hydrogens is 282 g/mol. The molecule has 0 aliphatic heterocycles. The molecule has 21 heavy (non-hydrogen) atoms. The van der Waals surface area contributed by atoms with Crippen LogP contribution in [0, 0.1) is 0 Å². The van der Waals surface area contributed by atoms with Crippen molar-refractivity contribution in [3.05, 3.63) is 70.5 Å². The molecule has 0 radical (unpaired) electrons. The van der Waals surface area contributed by atoms with Crippen molar-refractivity contribution in [2.45, 2.75) is 10.6 Å². The van der Waals surface area contributed by atoms with Gasteiger partial charge in [-0.05, 0) is 17.7 Å². The Labute approximate surface area is 126 Å². The molecule has 0 fully saturated rings. The lowest BCUT2D eigenvalue weighted by Gasteiger charge is -2.11. The maximum atomic E-state index is 12.4. The standard InChI is InChI=1S/C17H15NO2S/c1-18-14-10-6-5-9-13(14)15(19)16(17(18)20)21-11-12-7-3-2-4-8-12/h2-10,19H,11H2,1H3. The van der Waals surface area contributed by atoms with Crippen molar-refractivity contribution in [1.82, 2.24) is 4.57 Å². The number of hydrogen-bond acceptors (Lipinski definition) is 3. The molecule has 0 atom stereocenters. The van der Waals surface area contributed by atoms with E-state index >= 15 is 0 Å². The topological polar surface area (TPSA) is 42.2 Å². The Kier molecular flexibility index (Phi) is 3.71. The number of aromatic hydroxyl groups is 1. The number of benzene rings is 2. The SMILES string of the molecule is Cn1c(=O)c(SCc2ccccc2)c(O)c2ccccc21. The third-order valence-electron chi connectivity index (χ3n) is 3.46. The van der Waals surface area contributed by atoms with Crippen LogP contribution in [-0.2, 0) is 12.8 Å². The molecule has 1 heterocycles. The van der Waals surface area contributed by atoms with Crippen LogP contribution in [0.1, 0.15) is 5.56 Å². The number of aromatic nitrogens is 1. The fraction of sp³-hybridized carbons (Fsp3) is 0.118. The maximum absolute atomic E-state index is 12.4. The fourth-order valence-electron chi connectivity index (χ4n) is 2.31. The summed E-state index contributed by atoms with van der Waals surface area (Å²) in [7, 11) is 1.73. The van der Waals surface area contributed by atoms with Crippen LogP contribution in [0.5, 0.6) is 5.75 Å². The van der Waals surface area contributed by atoms with Gasteiger partial charge < -0.3 is 9.67 Å². The molecule has 4 heteroatoms. The average molecular weight is 297 g/mol. The molecule has 0 aliphatic rings. The largest absolute Gasteiger partial charge is 0.506 e. The Hall–Kier alpha value is -2.20. The number of aryl methyl sites for hydroxylation is 1. The molecule has 1 aromatic heterocycles. The Balaban J connectivity index is 2.04. The van der Waals surface area contributed by atoms with Gasteiger partial charge >= 0.3 is 0 Å². The summed E-state index contributed by atoms with van der Waals surface area (Å²) in [6.45, 7) is 0. The number of fused-ring (bicyclic) bond motifs is 1. The van der Waals surface area contributed by atoms with Crippen molar-refractivity contribution in [2.24, 2.45) is 7.05 Å². The highest BCUT2D eigenvalue weighted by Gasteiger charge is 2.14. The van der Waals surface area contributed by atoms with Gasteiger partial charge in [0, 0.05) is 18.2 Å². The zero-order chi connectivity index (χ0) is 14.8. The van der Waals surface area contributed by atoms with Gasteiger partial charge in [-0.2, -0.15) is 0 Å². The molecule has 3 aromatic rings. The minimum absolute atomic E-state index is 0.0784. The second-order valence-electron chi connectivity index (χ2n) is 4.83. The summed E-state index contributed by atoms with van der Waals surface area (Å²) in [5.41, 5.74) is 1.70. The van der Waals surface area contributed by atoms with E-state index in [1.807, 2.05) is 54.6 Å². The summed E-state index contributed by atoms with van der Waals surface area (Å²) in [6, 6.07) is 17.3.